The van der Waals surface area contributed by atoms with Gasteiger partial charge in [0.15, 0.2) is 0 Å². The van der Waals surface area contributed by atoms with Gasteiger partial charge in [-0.1, -0.05) is 0 Å². The smallest absolute Gasteiger partial charge is 0.329 e. The quantitative estimate of drug-likeness (QED) is 0.823. The molecule has 7 nitrogen and oxygen atoms in total. The molecule has 2 N–H and O–H groups in total. The molecule has 2 heterocycles. The Hall–Kier alpha value is -1.89. The van der Waals surface area contributed by atoms with E-state index in [0.717, 1.165) is 0 Å². The number of aliphatic carboxylic acids is 1. The molecule has 1 amide bonds. The van der Waals surface area contributed by atoms with Crippen molar-refractivity contribution in [2.45, 2.75) is 37.8 Å². The van der Waals surface area contributed by atoms with E-state index in [-0.39, 0.29) is 18.4 Å². The van der Waals surface area contributed by atoms with Crippen LogP contribution in [0.15, 0.2) is 18.5 Å². The third kappa shape index (κ3) is 3.16. The number of nitrogens with one attached hydrogen (secondary N) is 1. The molecule has 0 aliphatic carbocycles. The Morgan fingerprint density at radius 3 is 2.75 bits per heavy atom. The van der Waals surface area contributed by atoms with Crippen molar-refractivity contribution in [1.29, 1.82) is 0 Å². The minimum absolute atomic E-state index is 0.115. The molecule has 7 heteroatoms. The van der Waals surface area contributed by atoms with Gasteiger partial charge in [-0.15, -0.1) is 0 Å². The van der Waals surface area contributed by atoms with Gasteiger partial charge in [-0.25, -0.2) is 4.79 Å². The van der Waals surface area contributed by atoms with Gasteiger partial charge in [0.2, 0.25) is 5.91 Å². The standard InChI is InChI=1S/C13H19N3O4/c1-10(16-6-2-5-14-16)9-11(17)15-13(12(18)19)3-7-20-8-4-13/h2,5-6,10H,3-4,7-9H2,1H3,(H,15,17)(H,18,19). The molecular weight excluding hydrogens is 262 g/mol. The highest BCUT2D eigenvalue weighted by molar-refractivity contribution is 5.87. The van der Waals surface area contributed by atoms with Crippen LogP contribution in [-0.2, 0) is 14.3 Å². The van der Waals surface area contributed by atoms with Crippen LogP contribution in [0.2, 0.25) is 0 Å². The van der Waals surface area contributed by atoms with Crippen LogP contribution in [0.1, 0.15) is 32.2 Å². The fraction of sp³-hybridized carbons (Fsp3) is 0.615. The molecule has 1 atom stereocenters. The van der Waals surface area contributed by atoms with Crippen LogP contribution < -0.4 is 5.32 Å². The first-order valence-electron chi connectivity index (χ1n) is 6.65. The van der Waals surface area contributed by atoms with E-state index in [1.165, 1.54) is 0 Å². The molecule has 20 heavy (non-hydrogen) atoms. The van der Waals surface area contributed by atoms with E-state index in [2.05, 4.69) is 10.4 Å². The van der Waals surface area contributed by atoms with E-state index in [1.54, 1.807) is 23.1 Å². The van der Waals surface area contributed by atoms with Gasteiger partial charge in [0.1, 0.15) is 5.54 Å². The Kier molecular flexibility index (Phi) is 4.39. The zero-order chi connectivity index (χ0) is 14.6. The maximum absolute atomic E-state index is 12.1. The maximum Gasteiger partial charge on any atom is 0.329 e. The first-order valence-corrected chi connectivity index (χ1v) is 6.65. The Morgan fingerprint density at radius 1 is 1.50 bits per heavy atom. The van der Waals surface area contributed by atoms with Gasteiger partial charge >= 0.3 is 5.97 Å². The molecule has 0 saturated carbocycles. The number of carbonyl (C=O) groups is 2. The second-order valence-corrected chi connectivity index (χ2v) is 5.09. The molecule has 1 aliphatic heterocycles. The molecule has 0 aromatic carbocycles. The fourth-order valence-corrected chi connectivity index (χ4v) is 2.33. The Labute approximate surface area is 116 Å². The van der Waals surface area contributed by atoms with Gasteiger partial charge < -0.3 is 15.2 Å². The summed E-state index contributed by atoms with van der Waals surface area (Å²) < 4.78 is 6.85. The molecule has 1 aliphatic rings. The van der Waals surface area contributed by atoms with Crippen LogP contribution in [0.25, 0.3) is 0 Å². The van der Waals surface area contributed by atoms with Crippen LogP contribution in [0.4, 0.5) is 0 Å². The lowest BCUT2D eigenvalue weighted by Crippen LogP contribution is -2.57. The highest BCUT2D eigenvalue weighted by Crippen LogP contribution is 2.22. The highest BCUT2D eigenvalue weighted by atomic mass is 16.5. The second-order valence-electron chi connectivity index (χ2n) is 5.09. The molecule has 0 bridgehead atoms. The minimum atomic E-state index is -1.20. The number of carboxylic acids is 1. The zero-order valence-corrected chi connectivity index (χ0v) is 11.4. The first kappa shape index (κ1) is 14.5. The summed E-state index contributed by atoms with van der Waals surface area (Å²) in [7, 11) is 0. The predicted octanol–water partition coefficient (Wildman–Crippen LogP) is 0.584. The first-order chi connectivity index (χ1) is 9.53. The Bertz CT molecular complexity index is 466. The molecule has 1 saturated heterocycles. The monoisotopic (exact) mass is 281 g/mol. The number of amides is 1. The topological polar surface area (TPSA) is 93.5 Å². The van der Waals surface area contributed by atoms with E-state index >= 15 is 0 Å². The summed E-state index contributed by atoms with van der Waals surface area (Å²) in [5.41, 5.74) is -1.20. The summed E-state index contributed by atoms with van der Waals surface area (Å²) in [6.07, 6.45) is 4.21. The summed E-state index contributed by atoms with van der Waals surface area (Å²) in [6.45, 7) is 2.56. The molecule has 1 aromatic rings. The molecule has 0 radical (unpaired) electrons. The third-order valence-corrected chi connectivity index (χ3v) is 3.59. The number of ether oxygens (including phenoxy) is 1. The summed E-state index contributed by atoms with van der Waals surface area (Å²) in [5.74, 6) is -1.28. The minimum Gasteiger partial charge on any atom is -0.480 e. The Balaban J connectivity index is 1.97. The predicted molar refractivity (Wildman–Crippen MR) is 70.1 cm³/mol. The highest BCUT2D eigenvalue weighted by Gasteiger charge is 2.41. The van der Waals surface area contributed by atoms with Gasteiger partial charge in [-0.2, -0.15) is 5.10 Å². The molecular formula is C13H19N3O4. The van der Waals surface area contributed by atoms with Crippen LogP contribution in [0.5, 0.6) is 0 Å². The summed E-state index contributed by atoms with van der Waals surface area (Å²) >= 11 is 0. The summed E-state index contributed by atoms with van der Waals surface area (Å²) in [6, 6.07) is 1.67. The van der Waals surface area contributed by atoms with Crippen LogP contribution in [0, 0.1) is 0 Å². The normalized spacial score (nSPS) is 19.2. The fourth-order valence-electron chi connectivity index (χ4n) is 2.33. The molecule has 1 fully saturated rings. The number of aromatic nitrogens is 2. The van der Waals surface area contributed by atoms with Gasteiger partial charge in [0, 0.05) is 44.9 Å². The van der Waals surface area contributed by atoms with Crippen molar-refractivity contribution in [2.24, 2.45) is 0 Å². The van der Waals surface area contributed by atoms with E-state index in [0.29, 0.717) is 26.1 Å². The molecule has 1 aromatic heterocycles. The number of carboxylic acid groups (broad SMARTS) is 1. The Morgan fingerprint density at radius 2 is 2.20 bits per heavy atom. The summed E-state index contributed by atoms with van der Waals surface area (Å²) in [4.78, 5) is 23.5. The lowest BCUT2D eigenvalue weighted by Gasteiger charge is -2.34. The van der Waals surface area contributed by atoms with Crippen molar-refractivity contribution in [1.82, 2.24) is 15.1 Å². The van der Waals surface area contributed by atoms with Crippen molar-refractivity contribution in [3.05, 3.63) is 18.5 Å². The number of hydrogen-bond donors (Lipinski definition) is 2. The second kappa shape index (κ2) is 6.04. The van der Waals surface area contributed by atoms with Crippen LogP contribution in [-0.4, -0.2) is 45.5 Å². The lowest BCUT2D eigenvalue weighted by molar-refractivity contribution is -0.152. The largest absolute Gasteiger partial charge is 0.480 e. The van der Waals surface area contributed by atoms with Gasteiger partial charge in [-0.05, 0) is 13.0 Å². The zero-order valence-electron chi connectivity index (χ0n) is 11.4. The van der Waals surface area contributed by atoms with E-state index in [1.807, 2.05) is 6.92 Å². The van der Waals surface area contributed by atoms with Gasteiger partial charge in [0.25, 0.3) is 0 Å². The maximum atomic E-state index is 12.1. The summed E-state index contributed by atoms with van der Waals surface area (Å²) in [5, 5.41) is 16.1. The molecule has 1 unspecified atom stereocenters. The molecule has 2 rings (SSSR count). The average Bonchev–Trinajstić information content (AvgIpc) is 2.93. The number of nitrogens with zero attached hydrogens (tertiary/aromatic N) is 2. The van der Waals surface area contributed by atoms with Crippen molar-refractivity contribution < 1.29 is 19.4 Å². The SMILES string of the molecule is CC(CC(=O)NC1(C(=O)O)CCOCC1)n1cccn1. The molecule has 0 spiro atoms. The van der Waals surface area contributed by atoms with Crippen molar-refractivity contribution >= 4 is 11.9 Å². The van der Waals surface area contributed by atoms with Gasteiger partial charge in [-0.3, -0.25) is 9.48 Å². The van der Waals surface area contributed by atoms with Crippen molar-refractivity contribution in [3.63, 3.8) is 0 Å². The van der Waals surface area contributed by atoms with E-state index < -0.39 is 11.5 Å². The number of hydrogen-bond acceptors (Lipinski definition) is 4. The van der Waals surface area contributed by atoms with Crippen molar-refractivity contribution in [3.8, 4) is 0 Å². The van der Waals surface area contributed by atoms with E-state index in [4.69, 9.17) is 4.74 Å². The van der Waals surface area contributed by atoms with E-state index in [9.17, 15) is 14.7 Å². The third-order valence-electron chi connectivity index (χ3n) is 3.59. The number of carbonyl (C=O) groups excluding carboxylic acids is 1. The van der Waals surface area contributed by atoms with Crippen LogP contribution in [0.3, 0.4) is 0 Å². The number of rotatable bonds is 5. The average molecular weight is 281 g/mol. The van der Waals surface area contributed by atoms with Crippen molar-refractivity contribution in [2.75, 3.05) is 13.2 Å². The van der Waals surface area contributed by atoms with Gasteiger partial charge in [0.05, 0.1) is 6.04 Å². The van der Waals surface area contributed by atoms with Crippen LogP contribution >= 0.6 is 0 Å². The molecule has 110 valence electrons. The lowest BCUT2D eigenvalue weighted by atomic mass is 9.90.